The number of hydrogen-bond donors (Lipinski definition) is 1. The van der Waals surface area contributed by atoms with Gasteiger partial charge in [0, 0.05) is 38.0 Å². The second-order valence-corrected chi connectivity index (χ2v) is 10.5. The summed E-state index contributed by atoms with van der Waals surface area (Å²) >= 11 is 0. The normalized spacial score (nSPS) is 22.2. The van der Waals surface area contributed by atoms with E-state index in [4.69, 9.17) is 0 Å². The summed E-state index contributed by atoms with van der Waals surface area (Å²) in [6, 6.07) is -0.477. The Morgan fingerprint density at radius 1 is 1.00 bits per heavy atom. The molecule has 0 radical (unpaired) electrons. The van der Waals surface area contributed by atoms with Crippen LogP contribution in [-0.4, -0.2) is 59.2 Å². The summed E-state index contributed by atoms with van der Waals surface area (Å²) in [6.07, 6.45) is 11.3. The molecule has 4 atom stereocenters. The van der Waals surface area contributed by atoms with Gasteiger partial charge in [-0.15, -0.1) is 0 Å². The first-order valence-electron chi connectivity index (χ1n) is 13.7. The predicted molar refractivity (Wildman–Crippen MR) is 134 cm³/mol. The molecule has 1 saturated carbocycles. The van der Waals surface area contributed by atoms with E-state index < -0.39 is 6.04 Å². The first-order valence-corrected chi connectivity index (χ1v) is 13.7. The van der Waals surface area contributed by atoms with Gasteiger partial charge in [0.25, 0.3) is 0 Å². The van der Waals surface area contributed by atoms with E-state index in [1.807, 2.05) is 23.6 Å². The topological polar surface area (TPSA) is 69.7 Å². The van der Waals surface area contributed by atoms with Gasteiger partial charge in [0.2, 0.25) is 17.7 Å². The van der Waals surface area contributed by atoms with Crippen molar-refractivity contribution < 1.29 is 14.4 Å². The van der Waals surface area contributed by atoms with Gasteiger partial charge in [-0.1, -0.05) is 72.6 Å². The quantitative estimate of drug-likeness (QED) is 0.453. The fourth-order valence-corrected chi connectivity index (χ4v) is 5.43. The van der Waals surface area contributed by atoms with Gasteiger partial charge in [-0.2, -0.15) is 0 Å². The molecule has 1 saturated heterocycles. The molecular formula is C27H49N3O3. The summed E-state index contributed by atoms with van der Waals surface area (Å²) in [5, 5.41) is 3.08. The van der Waals surface area contributed by atoms with Crippen molar-refractivity contribution >= 4 is 17.7 Å². The van der Waals surface area contributed by atoms with Gasteiger partial charge < -0.3 is 15.1 Å². The summed E-state index contributed by atoms with van der Waals surface area (Å²) in [5.74, 6) is 1.09. The Morgan fingerprint density at radius 2 is 1.70 bits per heavy atom. The third-order valence-corrected chi connectivity index (χ3v) is 8.02. The first-order chi connectivity index (χ1) is 15.8. The van der Waals surface area contributed by atoms with Gasteiger partial charge in [-0.3, -0.25) is 14.4 Å². The highest BCUT2D eigenvalue weighted by molar-refractivity contribution is 5.88. The number of unbranched alkanes of at least 4 members (excludes halogenated alkanes) is 1. The minimum Gasteiger partial charge on any atom is -0.344 e. The number of nitrogens with one attached hydrogen (secondary N) is 1. The van der Waals surface area contributed by atoms with Crippen LogP contribution in [0, 0.1) is 17.8 Å². The van der Waals surface area contributed by atoms with E-state index in [1.54, 1.807) is 0 Å². The number of hydrogen-bond acceptors (Lipinski definition) is 3. The van der Waals surface area contributed by atoms with Crippen LogP contribution < -0.4 is 5.32 Å². The molecule has 1 N–H and O–H groups in total. The molecule has 2 rings (SSSR count). The molecule has 4 unspecified atom stereocenters. The second-order valence-electron chi connectivity index (χ2n) is 10.5. The minimum absolute atomic E-state index is 0.00141. The molecule has 6 heteroatoms. The summed E-state index contributed by atoms with van der Waals surface area (Å²) in [7, 11) is 0. The van der Waals surface area contributed by atoms with Crippen LogP contribution in [0.25, 0.3) is 0 Å². The van der Waals surface area contributed by atoms with Crippen molar-refractivity contribution in [3.05, 3.63) is 0 Å². The molecule has 6 nitrogen and oxygen atoms in total. The maximum atomic E-state index is 13.5. The van der Waals surface area contributed by atoms with Crippen LogP contribution in [-0.2, 0) is 14.4 Å². The monoisotopic (exact) mass is 463 g/mol. The minimum atomic E-state index is -0.478. The average molecular weight is 464 g/mol. The SMILES string of the molecule is CCCCC(CC)C(=O)N1CCN(C(=O)C(NC(=O)CCC2CCCC2)C(C)CC)CC1C. The Hall–Kier alpha value is -1.59. The molecule has 0 aromatic carbocycles. The predicted octanol–water partition coefficient (Wildman–Crippen LogP) is 4.76. The molecule has 33 heavy (non-hydrogen) atoms. The smallest absolute Gasteiger partial charge is 0.245 e. The Bertz CT molecular complexity index is 632. The lowest BCUT2D eigenvalue weighted by atomic mass is 9.95. The number of carbonyl (C=O) groups excluding carboxylic acids is 3. The van der Waals surface area contributed by atoms with E-state index in [0.717, 1.165) is 38.5 Å². The van der Waals surface area contributed by atoms with Gasteiger partial charge in [0.1, 0.15) is 6.04 Å². The lowest BCUT2D eigenvalue weighted by Crippen LogP contribution is -2.60. The lowest BCUT2D eigenvalue weighted by Gasteiger charge is -2.42. The van der Waals surface area contributed by atoms with E-state index in [-0.39, 0.29) is 35.6 Å². The Labute approximate surface area is 202 Å². The highest BCUT2D eigenvalue weighted by atomic mass is 16.2. The van der Waals surface area contributed by atoms with Crippen LogP contribution in [0.4, 0.5) is 0 Å². The first kappa shape index (κ1) is 27.7. The van der Waals surface area contributed by atoms with Crippen LogP contribution in [0.3, 0.4) is 0 Å². The molecule has 0 spiro atoms. The fraction of sp³-hybridized carbons (Fsp3) is 0.889. The maximum Gasteiger partial charge on any atom is 0.245 e. The van der Waals surface area contributed by atoms with Crippen LogP contribution in [0.5, 0.6) is 0 Å². The van der Waals surface area contributed by atoms with Gasteiger partial charge in [0.05, 0.1) is 0 Å². The van der Waals surface area contributed by atoms with Crippen molar-refractivity contribution in [3.63, 3.8) is 0 Å². The molecule has 0 bridgehead atoms. The molecule has 1 aliphatic heterocycles. The van der Waals surface area contributed by atoms with Crippen molar-refractivity contribution in [1.29, 1.82) is 0 Å². The van der Waals surface area contributed by atoms with Crippen molar-refractivity contribution in [1.82, 2.24) is 15.1 Å². The van der Waals surface area contributed by atoms with Gasteiger partial charge in [0.15, 0.2) is 0 Å². The zero-order valence-corrected chi connectivity index (χ0v) is 21.9. The molecule has 190 valence electrons. The largest absolute Gasteiger partial charge is 0.344 e. The Morgan fingerprint density at radius 3 is 2.27 bits per heavy atom. The van der Waals surface area contributed by atoms with Gasteiger partial charge in [-0.25, -0.2) is 0 Å². The maximum absolute atomic E-state index is 13.5. The zero-order valence-electron chi connectivity index (χ0n) is 21.9. The number of nitrogens with zero attached hydrogens (tertiary/aromatic N) is 2. The Balaban J connectivity index is 1.94. The standard InChI is InChI=1S/C27H49N3O3/c1-6-9-14-23(8-3)26(32)30-18-17-29(19-21(30)5)27(33)25(20(4)7-2)28-24(31)16-15-22-12-10-11-13-22/h20-23,25H,6-19H2,1-5H3,(H,28,31). The summed E-state index contributed by atoms with van der Waals surface area (Å²) in [5.41, 5.74) is 0. The Kier molecular flexibility index (Phi) is 11.7. The molecule has 0 aromatic heterocycles. The summed E-state index contributed by atoms with van der Waals surface area (Å²) in [4.78, 5) is 43.1. The third-order valence-electron chi connectivity index (χ3n) is 8.02. The molecule has 1 heterocycles. The van der Waals surface area contributed by atoms with E-state index >= 15 is 0 Å². The second kappa shape index (κ2) is 14.0. The summed E-state index contributed by atoms with van der Waals surface area (Å²) < 4.78 is 0. The molecular weight excluding hydrogens is 414 g/mol. The third kappa shape index (κ3) is 7.99. The number of rotatable bonds is 12. The van der Waals surface area contributed by atoms with Crippen molar-refractivity contribution in [2.45, 2.75) is 117 Å². The molecule has 2 fully saturated rings. The summed E-state index contributed by atoms with van der Waals surface area (Å²) in [6.45, 7) is 12.1. The van der Waals surface area contributed by atoms with Gasteiger partial charge in [-0.05, 0) is 38.0 Å². The van der Waals surface area contributed by atoms with E-state index in [1.165, 1.54) is 25.7 Å². The van der Waals surface area contributed by atoms with Gasteiger partial charge >= 0.3 is 0 Å². The van der Waals surface area contributed by atoms with Crippen molar-refractivity contribution in [3.8, 4) is 0 Å². The average Bonchev–Trinajstić information content (AvgIpc) is 3.34. The van der Waals surface area contributed by atoms with Crippen molar-refractivity contribution in [2.24, 2.45) is 17.8 Å². The number of amides is 3. The molecule has 0 aromatic rings. The van der Waals surface area contributed by atoms with Crippen LogP contribution in [0.1, 0.15) is 105 Å². The van der Waals surface area contributed by atoms with Crippen LogP contribution in [0.15, 0.2) is 0 Å². The number of piperazine rings is 1. The van der Waals surface area contributed by atoms with E-state index in [9.17, 15) is 14.4 Å². The molecule has 2 aliphatic rings. The fourth-order valence-electron chi connectivity index (χ4n) is 5.43. The van der Waals surface area contributed by atoms with Crippen LogP contribution >= 0.6 is 0 Å². The van der Waals surface area contributed by atoms with Crippen molar-refractivity contribution in [2.75, 3.05) is 19.6 Å². The molecule has 1 aliphatic carbocycles. The highest BCUT2D eigenvalue weighted by Crippen LogP contribution is 2.28. The van der Waals surface area contributed by atoms with E-state index in [0.29, 0.717) is 32.0 Å². The number of carbonyl (C=O) groups is 3. The highest BCUT2D eigenvalue weighted by Gasteiger charge is 2.36. The zero-order chi connectivity index (χ0) is 24.4. The molecule has 3 amide bonds. The van der Waals surface area contributed by atoms with Crippen LogP contribution in [0.2, 0.25) is 0 Å². The lowest BCUT2D eigenvalue weighted by molar-refractivity contribution is -0.147. The van der Waals surface area contributed by atoms with E-state index in [2.05, 4.69) is 26.1 Å².